The van der Waals surface area contributed by atoms with Crippen LogP contribution in [0.2, 0.25) is 0 Å². The average molecular weight is 424 g/mol. The highest BCUT2D eigenvalue weighted by Crippen LogP contribution is 2.26. The molecule has 156 valence electrons. The number of carbonyl (C=O) groups excluding carboxylic acids is 1. The van der Waals surface area contributed by atoms with E-state index in [1.165, 1.54) is 17.7 Å². The normalized spacial score (nSPS) is 17.7. The summed E-state index contributed by atoms with van der Waals surface area (Å²) in [5.41, 5.74) is 2.24. The second-order valence-electron chi connectivity index (χ2n) is 7.65. The topological polar surface area (TPSA) is 44.4 Å². The Morgan fingerprint density at radius 1 is 1.10 bits per heavy atom. The van der Waals surface area contributed by atoms with E-state index in [1.54, 1.807) is 23.5 Å². The minimum Gasteiger partial charge on any atom is -0.351 e. The number of carbonyl (C=O) groups is 1. The molecule has 2 heterocycles. The van der Waals surface area contributed by atoms with Crippen molar-refractivity contribution < 1.29 is 9.18 Å². The Balaban J connectivity index is 1.29. The number of amides is 1. The van der Waals surface area contributed by atoms with Gasteiger partial charge >= 0.3 is 0 Å². The summed E-state index contributed by atoms with van der Waals surface area (Å²) in [4.78, 5) is 16.1. The maximum Gasteiger partial charge on any atom is 0.234 e. The summed E-state index contributed by atoms with van der Waals surface area (Å²) in [6.45, 7) is 2.99. The molecule has 1 saturated heterocycles. The van der Waals surface area contributed by atoms with Gasteiger partial charge in [-0.1, -0.05) is 48.5 Å². The first-order chi connectivity index (χ1) is 14.7. The van der Waals surface area contributed by atoms with Crippen molar-refractivity contribution in [2.45, 2.75) is 25.0 Å². The number of thiophene rings is 1. The number of nitrogens with zero attached hydrogens (tertiary/aromatic N) is 1. The van der Waals surface area contributed by atoms with Gasteiger partial charge < -0.3 is 5.32 Å². The first-order valence-corrected chi connectivity index (χ1v) is 11.1. The molecule has 1 aromatic heterocycles. The molecule has 0 spiro atoms. The fourth-order valence-electron chi connectivity index (χ4n) is 3.90. The van der Waals surface area contributed by atoms with Gasteiger partial charge in [0.25, 0.3) is 0 Å². The lowest BCUT2D eigenvalue weighted by Gasteiger charge is -2.20. The van der Waals surface area contributed by atoms with Crippen molar-refractivity contribution in [2.24, 2.45) is 0 Å². The summed E-state index contributed by atoms with van der Waals surface area (Å²) in [5.74, 6) is -0.270. The molecule has 4 rings (SSSR count). The molecule has 4 nitrogen and oxygen atoms in total. The highest BCUT2D eigenvalue weighted by molar-refractivity contribution is 7.10. The number of likely N-dealkylation sites (tertiary alicyclic amines) is 1. The van der Waals surface area contributed by atoms with E-state index in [2.05, 4.69) is 39.8 Å². The number of nitrogens with one attached hydrogen (secondary N) is 2. The van der Waals surface area contributed by atoms with Crippen LogP contribution >= 0.6 is 11.3 Å². The van der Waals surface area contributed by atoms with E-state index < -0.39 is 0 Å². The maximum atomic E-state index is 13.3. The number of rotatable bonds is 8. The number of benzene rings is 2. The van der Waals surface area contributed by atoms with Crippen LogP contribution in [0.25, 0.3) is 0 Å². The van der Waals surface area contributed by atoms with Gasteiger partial charge in [0.15, 0.2) is 0 Å². The first-order valence-electron chi connectivity index (χ1n) is 10.3. The van der Waals surface area contributed by atoms with E-state index >= 15 is 0 Å². The number of hydrogen-bond donors (Lipinski definition) is 2. The average Bonchev–Trinajstić information content (AvgIpc) is 3.43. The zero-order valence-electron chi connectivity index (χ0n) is 16.8. The van der Waals surface area contributed by atoms with E-state index in [9.17, 15) is 9.18 Å². The highest BCUT2D eigenvalue weighted by atomic mass is 32.1. The van der Waals surface area contributed by atoms with Gasteiger partial charge in [-0.3, -0.25) is 15.0 Å². The fourth-order valence-corrected chi connectivity index (χ4v) is 4.73. The zero-order chi connectivity index (χ0) is 20.8. The Morgan fingerprint density at radius 2 is 1.90 bits per heavy atom. The molecule has 0 radical (unpaired) electrons. The Kier molecular flexibility index (Phi) is 6.89. The predicted molar refractivity (Wildman–Crippen MR) is 119 cm³/mol. The number of hydrogen-bond acceptors (Lipinski definition) is 4. The van der Waals surface area contributed by atoms with Gasteiger partial charge in [0.1, 0.15) is 5.82 Å². The van der Waals surface area contributed by atoms with Crippen molar-refractivity contribution in [1.82, 2.24) is 15.5 Å². The standard InChI is InChI=1S/C24H26FN3OS/c25-20-10-8-19(9-11-20)24(22-7-4-14-30-22)26-15-23(29)27-21-12-13-28(17-21)16-18-5-2-1-3-6-18/h1-11,14,21,24,26H,12-13,15-17H2,(H,27,29)/t21-,24+/m1/s1. The summed E-state index contributed by atoms with van der Waals surface area (Å²) in [7, 11) is 0. The SMILES string of the molecule is O=C(CN[C@@H](c1ccc(F)cc1)c1cccs1)N[C@@H]1CCN(Cc2ccccc2)C1. The molecule has 1 fully saturated rings. The van der Waals surface area contributed by atoms with Crippen LogP contribution in [0, 0.1) is 5.82 Å². The van der Waals surface area contributed by atoms with E-state index in [1.807, 2.05) is 23.6 Å². The van der Waals surface area contributed by atoms with Crippen molar-refractivity contribution >= 4 is 17.2 Å². The molecule has 6 heteroatoms. The summed E-state index contributed by atoms with van der Waals surface area (Å²) < 4.78 is 13.3. The van der Waals surface area contributed by atoms with Crippen molar-refractivity contribution in [3.05, 3.63) is 93.9 Å². The van der Waals surface area contributed by atoms with Crippen molar-refractivity contribution in [1.29, 1.82) is 0 Å². The van der Waals surface area contributed by atoms with E-state index in [4.69, 9.17) is 0 Å². The van der Waals surface area contributed by atoms with Gasteiger partial charge in [0.2, 0.25) is 5.91 Å². The van der Waals surface area contributed by atoms with E-state index in [0.717, 1.165) is 36.5 Å². The molecule has 30 heavy (non-hydrogen) atoms. The first kappa shape index (κ1) is 20.7. The van der Waals surface area contributed by atoms with Crippen LogP contribution in [-0.4, -0.2) is 36.5 Å². The summed E-state index contributed by atoms with van der Waals surface area (Å²) in [6.07, 6.45) is 0.963. The lowest BCUT2D eigenvalue weighted by Crippen LogP contribution is -2.42. The molecule has 1 amide bonds. The monoisotopic (exact) mass is 423 g/mol. The third-order valence-electron chi connectivity index (χ3n) is 5.38. The Morgan fingerprint density at radius 3 is 2.63 bits per heavy atom. The van der Waals surface area contributed by atoms with Crippen molar-refractivity contribution in [3.8, 4) is 0 Å². The molecule has 1 aliphatic heterocycles. The molecule has 2 aromatic carbocycles. The van der Waals surface area contributed by atoms with Crippen molar-refractivity contribution in [2.75, 3.05) is 19.6 Å². The predicted octanol–water partition coefficient (Wildman–Crippen LogP) is 3.96. The summed E-state index contributed by atoms with van der Waals surface area (Å²) in [6, 6.07) is 20.9. The van der Waals surface area contributed by atoms with Gasteiger partial charge in [0.05, 0.1) is 12.6 Å². The molecule has 2 N–H and O–H groups in total. The second-order valence-corrected chi connectivity index (χ2v) is 8.63. The Labute approximate surface area is 180 Å². The molecule has 0 bridgehead atoms. The molecular formula is C24H26FN3OS. The van der Waals surface area contributed by atoms with Crippen LogP contribution in [0.5, 0.6) is 0 Å². The van der Waals surface area contributed by atoms with Crippen molar-refractivity contribution in [3.63, 3.8) is 0 Å². The number of halogens is 1. The quantitative estimate of drug-likeness (QED) is 0.577. The molecular weight excluding hydrogens is 397 g/mol. The zero-order valence-corrected chi connectivity index (χ0v) is 17.6. The van der Waals surface area contributed by atoms with Crippen LogP contribution in [0.15, 0.2) is 72.1 Å². The molecule has 0 unspecified atom stereocenters. The minimum absolute atomic E-state index is 0.00905. The maximum absolute atomic E-state index is 13.3. The smallest absolute Gasteiger partial charge is 0.234 e. The van der Waals surface area contributed by atoms with Crippen LogP contribution in [0.1, 0.15) is 28.5 Å². The largest absolute Gasteiger partial charge is 0.351 e. The lowest BCUT2D eigenvalue weighted by molar-refractivity contribution is -0.120. The molecule has 0 saturated carbocycles. The second kappa shape index (κ2) is 9.98. The minimum atomic E-state index is -0.261. The van der Waals surface area contributed by atoms with Gasteiger partial charge in [-0.2, -0.15) is 0 Å². The third kappa shape index (κ3) is 5.53. The van der Waals surface area contributed by atoms with E-state index in [0.29, 0.717) is 0 Å². The molecule has 3 aromatic rings. The fraction of sp³-hybridized carbons (Fsp3) is 0.292. The Hall–Kier alpha value is -2.54. The van der Waals surface area contributed by atoms with Gasteiger partial charge in [-0.05, 0) is 41.1 Å². The van der Waals surface area contributed by atoms with Gasteiger partial charge in [0, 0.05) is 30.6 Å². The van der Waals surface area contributed by atoms with Crippen LogP contribution < -0.4 is 10.6 Å². The summed E-state index contributed by atoms with van der Waals surface area (Å²) >= 11 is 1.62. The van der Waals surface area contributed by atoms with Crippen LogP contribution in [0.3, 0.4) is 0 Å². The Bertz CT molecular complexity index is 931. The van der Waals surface area contributed by atoms with Gasteiger partial charge in [-0.25, -0.2) is 4.39 Å². The van der Waals surface area contributed by atoms with Gasteiger partial charge in [-0.15, -0.1) is 11.3 Å². The lowest BCUT2D eigenvalue weighted by atomic mass is 10.1. The molecule has 0 aliphatic carbocycles. The third-order valence-corrected chi connectivity index (χ3v) is 6.32. The highest BCUT2D eigenvalue weighted by Gasteiger charge is 2.24. The van der Waals surface area contributed by atoms with Crippen LogP contribution in [0.4, 0.5) is 4.39 Å². The van der Waals surface area contributed by atoms with Crippen LogP contribution in [-0.2, 0) is 11.3 Å². The molecule has 1 aliphatic rings. The molecule has 2 atom stereocenters. The summed E-state index contributed by atoms with van der Waals surface area (Å²) in [5, 5.41) is 8.51. The van der Waals surface area contributed by atoms with E-state index in [-0.39, 0.29) is 30.4 Å².